The standard InChI is InChI=1S/C32H39FN4O/c1-3-34(4-2)16-8-17-37-30-12-6-5-11-28(30)29-14-13-26(24-31(29)37)32(38)36-21-19-35(20-22-36)18-15-25-9-7-10-27(33)23-25/h5-7,9-14,23-24H,3-4,8,15-22H2,1-2H3. The van der Waals surface area contributed by atoms with Gasteiger partial charge in [-0.3, -0.25) is 9.69 Å². The van der Waals surface area contributed by atoms with Crippen LogP contribution in [0.2, 0.25) is 0 Å². The van der Waals surface area contributed by atoms with Crippen LogP contribution < -0.4 is 0 Å². The van der Waals surface area contributed by atoms with Crippen molar-refractivity contribution in [3.63, 3.8) is 0 Å². The summed E-state index contributed by atoms with van der Waals surface area (Å²) in [5, 5.41) is 2.46. The Morgan fingerprint density at radius 2 is 1.61 bits per heavy atom. The fourth-order valence-electron chi connectivity index (χ4n) is 5.75. The van der Waals surface area contributed by atoms with Crippen LogP contribution >= 0.6 is 0 Å². The lowest BCUT2D eigenvalue weighted by Crippen LogP contribution is -2.49. The highest BCUT2D eigenvalue weighted by Crippen LogP contribution is 2.30. The zero-order valence-electron chi connectivity index (χ0n) is 22.7. The van der Waals surface area contributed by atoms with Crippen molar-refractivity contribution in [3.05, 3.63) is 83.7 Å². The van der Waals surface area contributed by atoms with Gasteiger partial charge in [0.1, 0.15) is 5.82 Å². The molecule has 1 saturated heterocycles. The Kier molecular flexibility index (Phi) is 8.40. The molecule has 1 fully saturated rings. The third-order valence-corrected chi connectivity index (χ3v) is 8.04. The second-order valence-electron chi connectivity index (χ2n) is 10.3. The molecule has 5 nitrogen and oxygen atoms in total. The summed E-state index contributed by atoms with van der Waals surface area (Å²) in [5.74, 6) is -0.0746. The Hall–Kier alpha value is -3.22. The van der Waals surface area contributed by atoms with Crippen molar-refractivity contribution < 1.29 is 9.18 Å². The van der Waals surface area contributed by atoms with E-state index in [2.05, 4.69) is 64.6 Å². The maximum absolute atomic E-state index is 13.5. The summed E-state index contributed by atoms with van der Waals surface area (Å²) < 4.78 is 15.9. The molecule has 0 atom stereocenters. The van der Waals surface area contributed by atoms with Crippen molar-refractivity contribution in [2.45, 2.75) is 33.2 Å². The van der Waals surface area contributed by atoms with Crippen LogP contribution in [-0.4, -0.2) is 77.5 Å². The highest BCUT2D eigenvalue weighted by molar-refractivity contribution is 6.10. The number of aromatic nitrogens is 1. The molecule has 0 saturated carbocycles. The lowest BCUT2D eigenvalue weighted by atomic mass is 10.1. The van der Waals surface area contributed by atoms with Gasteiger partial charge >= 0.3 is 0 Å². The van der Waals surface area contributed by atoms with E-state index >= 15 is 0 Å². The van der Waals surface area contributed by atoms with Gasteiger partial charge in [0.05, 0.1) is 0 Å². The summed E-state index contributed by atoms with van der Waals surface area (Å²) in [6.07, 6.45) is 1.90. The van der Waals surface area contributed by atoms with Crippen LogP contribution in [-0.2, 0) is 13.0 Å². The van der Waals surface area contributed by atoms with Crippen LogP contribution in [0.15, 0.2) is 66.7 Å². The number of carbonyl (C=O) groups is 1. The van der Waals surface area contributed by atoms with E-state index in [-0.39, 0.29) is 11.7 Å². The Bertz CT molecular complexity index is 1390. The number of hydrogen-bond acceptors (Lipinski definition) is 3. The molecule has 38 heavy (non-hydrogen) atoms. The zero-order chi connectivity index (χ0) is 26.5. The lowest BCUT2D eigenvalue weighted by molar-refractivity contribution is 0.0638. The number of amides is 1. The van der Waals surface area contributed by atoms with Crippen LogP contribution in [0.5, 0.6) is 0 Å². The van der Waals surface area contributed by atoms with Crippen molar-refractivity contribution in [1.29, 1.82) is 0 Å². The van der Waals surface area contributed by atoms with E-state index in [0.29, 0.717) is 13.1 Å². The van der Waals surface area contributed by atoms with Gasteiger partial charge in [0.25, 0.3) is 5.91 Å². The van der Waals surface area contributed by atoms with Crippen molar-refractivity contribution in [1.82, 2.24) is 19.3 Å². The SMILES string of the molecule is CCN(CC)CCCn1c2ccccc2c2ccc(C(=O)N3CCN(CCc4cccc(F)c4)CC3)cc21. The summed E-state index contributed by atoms with van der Waals surface area (Å²) in [7, 11) is 0. The van der Waals surface area contributed by atoms with E-state index in [1.54, 1.807) is 12.1 Å². The molecule has 0 N–H and O–H groups in total. The van der Waals surface area contributed by atoms with Gasteiger partial charge in [0.2, 0.25) is 0 Å². The molecule has 0 bridgehead atoms. The van der Waals surface area contributed by atoms with Gasteiger partial charge in [-0.05, 0) is 68.4 Å². The fourth-order valence-corrected chi connectivity index (χ4v) is 5.75. The molecule has 0 spiro atoms. The number of para-hydroxylation sites is 1. The van der Waals surface area contributed by atoms with Crippen molar-refractivity contribution in [2.24, 2.45) is 0 Å². The van der Waals surface area contributed by atoms with E-state index < -0.39 is 0 Å². The van der Waals surface area contributed by atoms with E-state index in [4.69, 9.17) is 0 Å². The molecule has 1 aromatic heterocycles. The van der Waals surface area contributed by atoms with Gasteiger partial charge in [0.15, 0.2) is 0 Å². The topological polar surface area (TPSA) is 31.7 Å². The van der Waals surface area contributed by atoms with Crippen molar-refractivity contribution in [3.8, 4) is 0 Å². The van der Waals surface area contributed by atoms with Gasteiger partial charge < -0.3 is 14.4 Å². The monoisotopic (exact) mass is 514 g/mol. The Balaban J connectivity index is 1.28. The predicted molar refractivity (Wildman–Crippen MR) is 154 cm³/mol. The lowest BCUT2D eigenvalue weighted by Gasteiger charge is -2.34. The number of piperazine rings is 1. The second kappa shape index (κ2) is 12.1. The van der Waals surface area contributed by atoms with Gasteiger partial charge in [-0.1, -0.05) is 50.2 Å². The summed E-state index contributed by atoms with van der Waals surface area (Å²) in [6, 6.07) is 21.6. The molecule has 0 radical (unpaired) electrons. The third-order valence-electron chi connectivity index (χ3n) is 8.04. The molecule has 200 valence electrons. The summed E-state index contributed by atoms with van der Waals surface area (Å²) in [4.78, 5) is 20.3. The number of halogens is 1. The van der Waals surface area contributed by atoms with Crippen LogP contribution in [0, 0.1) is 5.82 Å². The van der Waals surface area contributed by atoms with Crippen molar-refractivity contribution >= 4 is 27.7 Å². The number of aryl methyl sites for hydroxylation is 1. The Labute approximate surface area is 225 Å². The minimum atomic E-state index is -0.183. The Morgan fingerprint density at radius 1 is 0.842 bits per heavy atom. The first kappa shape index (κ1) is 26.4. The molecule has 0 unspecified atom stereocenters. The van der Waals surface area contributed by atoms with Crippen LogP contribution in [0.25, 0.3) is 21.8 Å². The third kappa shape index (κ3) is 5.77. The highest BCUT2D eigenvalue weighted by Gasteiger charge is 2.23. The number of benzene rings is 3. The van der Waals surface area contributed by atoms with Gasteiger partial charge in [-0.25, -0.2) is 4.39 Å². The van der Waals surface area contributed by atoms with E-state index in [0.717, 1.165) is 75.3 Å². The van der Waals surface area contributed by atoms with Crippen LogP contribution in [0.4, 0.5) is 4.39 Å². The molecule has 1 aliphatic rings. The molecule has 5 rings (SSSR count). The minimum absolute atomic E-state index is 0.108. The fraction of sp³-hybridized carbons (Fsp3) is 0.406. The minimum Gasteiger partial charge on any atom is -0.340 e. The molecule has 4 aromatic rings. The Morgan fingerprint density at radius 3 is 2.37 bits per heavy atom. The molecule has 2 heterocycles. The smallest absolute Gasteiger partial charge is 0.254 e. The average molecular weight is 515 g/mol. The molecule has 6 heteroatoms. The average Bonchev–Trinajstić information content (AvgIpc) is 3.27. The summed E-state index contributed by atoms with van der Waals surface area (Å²) in [6.45, 7) is 12.6. The first-order valence-electron chi connectivity index (χ1n) is 14.1. The number of hydrogen-bond donors (Lipinski definition) is 0. The van der Waals surface area contributed by atoms with Gasteiger partial charge in [-0.2, -0.15) is 0 Å². The number of rotatable bonds is 10. The summed E-state index contributed by atoms with van der Waals surface area (Å²) in [5.41, 5.74) is 4.16. The molecule has 0 aliphatic carbocycles. The molecular formula is C32H39FN4O. The maximum atomic E-state index is 13.5. The number of nitrogens with zero attached hydrogens (tertiary/aromatic N) is 4. The first-order chi connectivity index (χ1) is 18.6. The second-order valence-corrected chi connectivity index (χ2v) is 10.3. The van der Waals surface area contributed by atoms with E-state index in [9.17, 15) is 9.18 Å². The zero-order valence-corrected chi connectivity index (χ0v) is 22.7. The molecule has 1 aliphatic heterocycles. The number of carbonyl (C=O) groups excluding carboxylic acids is 1. The summed E-state index contributed by atoms with van der Waals surface area (Å²) >= 11 is 0. The predicted octanol–water partition coefficient (Wildman–Crippen LogP) is 5.67. The van der Waals surface area contributed by atoms with Crippen LogP contribution in [0.3, 0.4) is 0 Å². The van der Waals surface area contributed by atoms with Gasteiger partial charge in [0, 0.05) is 66.6 Å². The molecule has 1 amide bonds. The van der Waals surface area contributed by atoms with Crippen LogP contribution in [0.1, 0.15) is 36.2 Å². The first-order valence-corrected chi connectivity index (χ1v) is 14.1. The molecule has 3 aromatic carbocycles. The maximum Gasteiger partial charge on any atom is 0.254 e. The quantitative estimate of drug-likeness (QED) is 0.273. The number of fused-ring (bicyclic) bond motifs is 3. The van der Waals surface area contributed by atoms with E-state index in [1.165, 1.54) is 22.4 Å². The highest BCUT2D eigenvalue weighted by atomic mass is 19.1. The normalized spacial score (nSPS) is 14.7. The van der Waals surface area contributed by atoms with E-state index in [1.807, 2.05) is 17.0 Å². The van der Waals surface area contributed by atoms with Gasteiger partial charge in [-0.15, -0.1) is 0 Å². The molecular weight excluding hydrogens is 475 g/mol. The van der Waals surface area contributed by atoms with Crippen molar-refractivity contribution in [2.75, 3.05) is 52.4 Å². The largest absolute Gasteiger partial charge is 0.340 e.